The van der Waals surface area contributed by atoms with Crippen molar-refractivity contribution in [2.75, 3.05) is 5.73 Å². The number of carbonyl (C=O) groups excluding carboxylic acids is 1. The fourth-order valence-electron chi connectivity index (χ4n) is 1.77. The van der Waals surface area contributed by atoms with Crippen LogP contribution in [0.2, 0.25) is 0 Å². The second-order valence-corrected chi connectivity index (χ2v) is 6.75. The Balaban J connectivity index is 2.13. The maximum Gasteiger partial charge on any atom is 0.275 e. The molecule has 1 aromatic carbocycles. The Bertz CT molecular complexity index is 637. The van der Waals surface area contributed by atoms with E-state index in [2.05, 4.69) is 12.3 Å². The van der Waals surface area contributed by atoms with Crippen LogP contribution in [0.25, 0.3) is 0 Å². The molecular weight excluding hydrogens is 290 g/mol. The predicted octanol–water partition coefficient (Wildman–Crippen LogP) is 2.84. The highest BCUT2D eigenvalue weighted by atomic mass is 32.2. The summed E-state index contributed by atoms with van der Waals surface area (Å²) in [5.74, 6) is 5.72. The third-order valence-electron chi connectivity index (χ3n) is 2.97. The fourth-order valence-corrected chi connectivity index (χ4v) is 3.94. The van der Waals surface area contributed by atoms with E-state index in [0.717, 1.165) is 21.9 Å². The van der Waals surface area contributed by atoms with Gasteiger partial charge in [-0.2, -0.15) is 0 Å². The van der Waals surface area contributed by atoms with Gasteiger partial charge in [-0.1, -0.05) is 6.07 Å². The number of hydrazine groups is 1. The minimum atomic E-state index is -0.241. The Labute approximate surface area is 126 Å². The molecule has 0 aliphatic heterocycles. The molecule has 2 rings (SSSR count). The van der Waals surface area contributed by atoms with Gasteiger partial charge in [-0.15, -0.1) is 23.1 Å². The lowest BCUT2D eigenvalue weighted by Crippen LogP contribution is -2.29. The highest BCUT2D eigenvalue weighted by molar-refractivity contribution is 7.98. The zero-order valence-electron chi connectivity index (χ0n) is 11.4. The van der Waals surface area contributed by atoms with Crippen molar-refractivity contribution in [3.63, 3.8) is 0 Å². The normalized spacial score (nSPS) is 10.6. The Hall–Kier alpha value is -1.50. The van der Waals surface area contributed by atoms with Crippen LogP contribution in [0.5, 0.6) is 0 Å². The van der Waals surface area contributed by atoms with Gasteiger partial charge in [-0.05, 0) is 43.2 Å². The van der Waals surface area contributed by atoms with Gasteiger partial charge in [0.05, 0.1) is 4.88 Å². The minimum Gasteiger partial charge on any atom is -0.399 e. The van der Waals surface area contributed by atoms with Crippen molar-refractivity contribution < 1.29 is 4.79 Å². The summed E-state index contributed by atoms with van der Waals surface area (Å²) in [4.78, 5) is 14.5. The van der Waals surface area contributed by atoms with E-state index < -0.39 is 0 Å². The number of aryl methyl sites for hydroxylation is 2. The summed E-state index contributed by atoms with van der Waals surface area (Å²) in [6.07, 6.45) is 0. The van der Waals surface area contributed by atoms with Gasteiger partial charge < -0.3 is 5.73 Å². The molecule has 1 amide bonds. The van der Waals surface area contributed by atoms with Crippen LogP contribution in [-0.4, -0.2) is 5.91 Å². The number of amides is 1. The lowest BCUT2D eigenvalue weighted by atomic mass is 10.2. The van der Waals surface area contributed by atoms with E-state index in [4.69, 9.17) is 11.6 Å². The largest absolute Gasteiger partial charge is 0.399 e. The van der Waals surface area contributed by atoms with Crippen LogP contribution in [0, 0.1) is 13.8 Å². The van der Waals surface area contributed by atoms with E-state index in [9.17, 15) is 4.79 Å². The van der Waals surface area contributed by atoms with Gasteiger partial charge in [0.1, 0.15) is 0 Å². The van der Waals surface area contributed by atoms with Crippen LogP contribution in [0.1, 0.15) is 25.7 Å². The molecular formula is C14H17N3OS2. The topological polar surface area (TPSA) is 81.1 Å². The fraction of sp³-hybridized carbons (Fsp3) is 0.214. The monoisotopic (exact) mass is 307 g/mol. The smallest absolute Gasteiger partial charge is 0.275 e. The lowest BCUT2D eigenvalue weighted by Gasteiger charge is -2.06. The standard InChI is InChI=1S/C14H17N3OS2/c1-8-3-4-11(15)6-12(8)19-7-10-5-13(14(18)17-16)20-9(10)2/h3-6H,7,15-16H2,1-2H3,(H,17,18). The molecule has 6 heteroatoms. The number of anilines is 1. The zero-order chi connectivity index (χ0) is 14.7. The first-order valence-electron chi connectivity index (χ1n) is 6.10. The van der Waals surface area contributed by atoms with Crippen LogP contribution in [0.15, 0.2) is 29.2 Å². The number of rotatable bonds is 4. The number of thiophene rings is 1. The van der Waals surface area contributed by atoms with Crippen LogP contribution < -0.4 is 17.0 Å². The van der Waals surface area contributed by atoms with Crippen molar-refractivity contribution in [1.29, 1.82) is 0 Å². The second kappa shape index (κ2) is 6.30. The van der Waals surface area contributed by atoms with Crippen molar-refractivity contribution in [3.8, 4) is 0 Å². The number of nitrogens with one attached hydrogen (secondary N) is 1. The molecule has 5 N–H and O–H groups in total. The number of hydrogen-bond acceptors (Lipinski definition) is 5. The average Bonchev–Trinajstić information content (AvgIpc) is 2.80. The summed E-state index contributed by atoms with van der Waals surface area (Å²) in [6.45, 7) is 4.08. The van der Waals surface area contributed by atoms with Gasteiger partial charge in [-0.3, -0.25) is 10.2 Å². The van der Waals surface area contributed by atoms with Gasteiger partial charge in [0.2, 0.25) is 0 Å². The molecule has 0 spiro atoms. The summed E-state index contributed by atoms with van der Waals surface area (Å²) in [6, 6.07) is 7.80. The first kappa shape index (κ1) is 14.9. The number of hydrogen-bond donors (Lipinski definition) is 3. The molecule has 0 unspecified atom stereocenters. The number of benzene rings is 1. The van der Waals surface area contributed by atoms with E-state index in [1.165, 1.54) is 21.8 Å². The van der Waals surface area contributed by atoms with Crippen molar-refractivity contribution in [1.82, 2.24) is 5.43 Å². The Morgan fingerprint density at radius 1 is 1.35 bits per heavy atom. The van der Waals surface area contributed by atoms with Crippen molar-refractivity contribution in [2.45, 2.75) is 24.5 Å². The van der Waals surface area contributed by atoms with Crippen molar-refractivity contribution >= 4 is 34.7 Å². The third kappa shape index (κ3) is 3.33. The Kier molecular flexibility index (Phi) is 4.69. The number of nitrogens with two attached hydrogens (primary N) is 2. The maximum absolute atomic E-state index is 11.5. The molecule has 0 aliphatic rings. The molecule has 0 saturated heterocycles. The number of carbonyl (C=O) groups is 1. The Morgan fingerprint density at radius 2 is 2.10 bits per heavy atom. The van der Waals surface area contributed by atoms with Gasteiger partial charge in [0.25, 0.3) is 5.91 Å². The molecule has 1 heterocycles. The lowest BCUT2D eigenvalue weighted by molar-refractivity contribution is 0.0957. The van der Waals surface area contributed by atoms with E-state index in [1.54, 1.807) is 11.8 Å². The summed E-state index contributed by atoms with van der Waals surface area (Å²) in [5.41, 5.74) is 11.1. The number of nitrogen functional groups attached to an aromatic ring is 2. The molecule has 0 atom stereocenters. The first-order valence-corrected chi connectivity index (χ1v) is 7.90. The van der Waals surface area contributed by atoms with Gasteiger partial charge >= 0.3 is 0 Å². The predicted molar refractivity (Wildman–Crippen MR) is 85.9 cm³/mol. The molecule has 0 fully saturated rings. The molecule has 0 saturated carbocycles. The third-order valence-corrected chi connectivity index (χ3v) is 5.27. The quantitative estimate of drug-likeness (QED) is 0.267. The van der Waals surface area contributed by atoms with Gasteiger partial charge in [0, 0.05) is 21.2 Å². The Morgan fingerprint density at radius 3 is 2.80 bits per heavy atom. The van der Waals surface area contributed by atoms with Crippen LogP contribution >= 0.6 is 23.1 Å². The molecule has 2 aromatic rings. The van der Waals surface area contributed by atoms with Gasteiger partial charge in [-0.25, -0.2) is 5.84 Å². The number of thioether (sulfide) groups is 1. The summed E-state index contributed by atoms with van der Waals surface area (Å²) >= 11 is 3.18. The van der Waals surface area contributed by atoms with Crippen LogP contribution in [0.4, 0.5) is 5.69 Å². The van der Waals surface area contributed by atoms with E-state index in [1.807, 2.05) is 31.2 Å². The van der Waals surface area contributed by atoms with Gasteiger partial charge in [0.15, 0.2) is 0 Å². The summed E-state index contributed by atoms with van der Waals surface area (Å²) in [5, 5.41) is 0. The molecule has 20 heavy (non-hydrogen) atoms. The van der Waals surface area contributed by atoms with E-state index in [0.29, 0.717) is 4.88 Å². The van der Waals surface area contributed by atoms with Crippen molar-refractivity contribution in [3.05, 3.63) is 45.1 Å². The highest BCUT2D eigenvalue weighted by Crippen LogP contribution is 2.31. The van der Waals surface area contributed by atoms with Crippen molar-refractivity contribution in [2.24, 2.45) is 5.84 Å². The molecule has 106 valence electrons. The summed E-state index contributed by atoms with van der Waals surface area (Å²) < 4.78 is 0. The average molecular weight is 307 g/mol. The zero-order valence-corrected chi connectivity index (χ0v) is 13.0. The highest BCUT2D eigenvalue weighted by Gasteiger charge is 2.12. The maximum atomic E-state index is 11.5. The van der Waals surface area contributed by atoms with Crippen LogP contribution in [0.3, 0.4) is 0 Å². The molecule has 1 aromatic heterocycles. The molecule has 4 nitrogen and oxygen atoms in total. The van der Waals surface area contributed by atoms with E-state index >= 15 is 0 Å². The minimum absolute atomic E-state index is 0.241. The molecule has 0 aliphatic carbocycles. The van der Waals surface area contributed by atoms with E-state index in [-0.39, 0.29) is 5.91 Å². The summed E-state index contributed by atoms with van der Waals surface area (Å²) in [7, 11) is 0. The second-order valence-electron chi connectivity index (χ2n) is 4.48. The van der Waals surface area contributed by atoms with Crippen LogP contribution in [-0.2, 0) is 5.75 Å². The molecule has 0 bridgehead atoms. The molecule has 0 radical (unpaired) electrons. The SMILES string of the molecule is Cc1ccc(N)cc1SCc1cc(C(=O)NN)sc1C. The first-order chi connectivity index (χ1) is 9.51.